The lowest BCUT2D eigenvalue weighted by atomic mass is 9.98. The van der Waals surface area contributed by atoms with Gasteiger partial charge >= 0.3 is 0 Å². The van der Waals surface area contributed by atoms with Gasteiger partial charge in [0.05, 0.1) is 5.69 Å². The van der Waals surface area contributed by atoms with Crippen LogP contribution in [0.25, 0.3) is 5.57 Å². The van der Waals surface area contributed by atoms with E-state index in [1.165, 1.54) is 17.6 Å². The van der Waals surface area contributed by atoms with Crippen LogP contribution in [-0.4, -0.2) is 18.2 Å². The molecule has 80 valence electrons. The summed E-state index contributed by atoms with van der Waals surface area (Å²) < 4.78 is 5.22. The van der Waals surface area contributed by atoms with Gasteiger partial charge in [0.1, 0.15) is 5.76 Å². The summed E-state index contributed by atoms with van der Waals surface area (Å²) in [6.07, 6.45) is 3.60. The fraction of sp³-hybridized carbons (Fsp3) is 0.583. The number of fused-ring (bicyclic) bond motifs is 1. The first kappa shape index (κ1) is 9.16. The molecule has 1 saturated heterocycles. The van der Waals surface area contributed by atoms with E-state index >= 15 is 0 Å². The Morgan fingerprint density at radius 3 is 2.93 bits per heavy atom. The second-order valence-corrected chi connectivity index (χ2v) is 4.68. The van der Waals surface area contributed by atoms with E-state index in [4.69, 9.17) is 4.52 Å². The highest BCUT2D eigenvalue weighted by molar-refractivity contribution is 5.71. The van der Waals surface area contributed by atoms with Crippen LogP contribution in [0.1, 0.15) is 23.4 Å². The van der Waals surface area contributed by atoms with Crippen molar-refractivity contribution in [3.63, 3.8) is 0 Å². The Morgan fingerprint density at radius 2 is 2.27 bits per heavy atom. The zero-order chi connectivity index (χ0) is 10.4. The van der Waals surface area contributed by atoms with Gasteiger partial charge in [-0.1, -0.05) is 11.2 Å². The van der Waals surface area contributed by atoms with Gasteiger partial charge in [0.25, 0.3) is 0 Å². The van der Waals surface area contributed by atoms with E-state index in [0.717, 1.165) is 36.4 Å². The molecule has 0 aromatic carbocycles. The van der Waals surface area contributed by atoms with Crippen molar-refractivity contribution in [1.82, 2.24) is 10.5 Å². The first-order chi connectivity index (χ1) is 7.25. The van der Waals surface area contributed by atoms with Gasteiger partial charge in [0.15, 0.2) is 0 Å². The van der Waals surface area contributed by atoms with Crippen molar-refractivity contribution in [3.05, 3.63) is 23.1 Å². The van der Waals surface area contributed by atoms with E-state index in [-0.39, 0.29) is 0 Å². The second kappa shape index (κ2) is 3.20. The zero-order valence-corrected chi connectivity index (χ0v) is 9.21. The average molecular weight is 204 g/mol. The molecule has 3 heteroatoms. The Bertz CT molecular complexity index is 400. The number of rotatable bonds is 1. The highest BCUT2D eigenvalue weighted by atomic mass is 16.5. The summed E-state index contributed by atoms with van der Waals surface area (Å²) in [7, 11) is 0. The Hall–Kier alpha value is -1.09. The summed E-state index contributed by atoms with van der Waals surface area (Å²) in [5.74, 6) is 2.49. The Morgan fingerprint density at radius 1 is 1.40 bits per heavy atom. The number of hydrogen-bond acceptors (Lipinski definition) is 3. The monoisotopic (exact) mass is 204 g/mol. The van der Waals surface area contributed by atoms with Crippen molar-refractivity contribution < 1.29 is 4.52 Å². The third-order valence-corrected chi connectivity index (χ3v) is 3.64. The van der Waals surface area contributed by atoms with Gasteiger partial charge in [-0.3, -0.25) is 0 Å². The van der Waals surface area contributed by atoms with Crippen LogP contribution < -0.4 is 5.32 Å². The van der Waals surface area contributed by atoms with Crippen LogP contribution in [-0.2, 0) is 0 Å². The number of nitrogens with zero attached hydrogens (tertiary/aromatic N) is 1. The quantitative estimate of drug-likeness (QED) is 0.759. The van der Waals surface area contributed by atoms with E-state index in [2.05, 4.69) is 16.5 Å². The standard InChI is InChI=1S/C12H16N2O/c1-7-12(8(2)15-14-7)9-3-10-5-13-6-11(10)4-9/h3,10-11,13H,4-6H2,1-2H3/t10-,11+/m1/s1. The largest absolute Gasteiger partial charge is 0.361 e. The lowest BCUT2D eigenvalue weighted by molar-refractivity contribution is 0.393. The number of aromatic nitrogens is 1. The summed E-state index contributed by atoms with van der Waals surface area (Å²) >= 11 is 0. The number of hydrogen-bond donors (Lipinski definition) is 1. The van der Waals surface area contributed by atoms with E-state index in [0.29, 0.717) is 0 Å². The van der Waals surface area contributed by atoms with Crippen molar-refractivity contribution in [3.8, 4) is 0 Å². The maximum absolute atomic E-state index is 5.22. The molecule has 3 nitrogen and oxygen atoms in total. The van der Waals surface area contributed by atoms with Crippen molar-refractivity contribution >= 4 is 5.57 Å². The highest BCUT2D eigenvalue weighted by Crippen LogP contribution is 2.40. The second-order valence-electron chi connectivity index (χ2n) is 4.68. The Balaban J connectivity index is 1.96. The van der Waals surface area contributed by atoms with E-state index in [9.17, 15) is 0 Å². The minimum absolute atomic E-state index is 0.730. The van der Waals surface area contributed by atoms with Gasteiger partial charge in [0, 0.05) is 12.1 Å². The third-order valence-electron chi connectivity index (χ3n) is 3.64. The fourth-order valence-corrected chi connectivity index (χ4v) is 2.91. The molecule has 2 aliphatic rings. The Kier molecular flexibility index (Phi) is 1.96. The van der Waals surface area contributed by atoms with Crippen LogP contribution in [0.3, 0.4) is 0 Å². The molecule has 0 amide bonds. The smallest absolute Gasteiger partial charge is 0.141 e. The van der Waals surface area contributed by atoms with Crippen molar-refractivity contribution in [1.29, 1.82) is 0 Å². The van der Waals surface area contributed by atoms with Crippen LogP contribution in [0.4, 0.5) is 0 Å². The fourth-order valence-electron chi connectivity index (χ4n) is 2.91. The summed E-state index contributed by atoms with van der Waals surface area (Å²) in [6.45, 7) is 6.33. The molecule has 0 unspecified atom stereocenters. The van der Waals surface area contributed by atoms with E-state index in [1.807, 2.05) is 13.8 Å². The van der Waals surface area contributed by atoms with Gasteiger partial charge in [-0.15, -0.1) is 0 Å². The number of aryl methyl sites for hydroxylation is 2. The van der Waals surface area contributed by atoms with Crippen molar-refractivity contribution in [2.45, 2.75) is 20.3 Å². The van der Waals surface area contributed by atoms with Gasteiger partial charge in [0.2, 0.25) is 0 Å². The van der Waals surface area contributed by atoms with Crippen LogP contribution in [0.5, 0.6) is 0 Å². The lowest BCUT2D eigenvalue weighted by Gasteiger charge is -2.05. The maximum Gasteiger partial charge on any atom is 0.141 e. The van der Waals surface area contributed by atoms with Crippen LogP contribution in [0.2, 0.25) is 0 Å². The molecular weight excluding hydrogens is 188 g/mol. The molecule has 0 saturated carbocycles. The van der Waals surface area contributed by atoms with Crippen LogP contribution in [0.15, 0.2) is 10.6 Å². The molecule has 1 aromatic rings. The molecule has 1 N–H and O–H groups in total. The molecule has 2 heterocycles. The molecule has 0 bridgehead atoms. The third kappa shape index (κ3) is 1.34. The minimum atomic E-state index is 0.730. The van der Waals surface area contributed by atoms with Gasteiger partial charge in [-0.2, -0.15) is 0 Å². The summed E-state index contributed by atoms with van der Waals surface area (Å²) in [5, 5.41) is 7.46. The normalized spacial score (nSPS) is 29.3. The van der Waals surface area contributed by atoms with Crippen molar-refractivity contribution in [2.75, 3.05) is 13.1 Å². The molecule has 1 fully saturated rings. The first-order valence-electron chi connectivity index (χ1n) is 5.60. The highest BCUT2D eigenvalue weighted by Gasteiger charge is 2.33. The van der Waals surface area contributed by atoms with Gasteiger partial charge < -0.3 is 9.84 Å². The molecule has 2 atom stereocenters. The first-order valence-corrected chi connectivity index (χ1v) is 5.60. The van der Waals surface area contributed by atoms with Gasteiger partial charge in [-0.25, -0.2) is 0 Å². The molecule has 1 aliphatic carbocycles. The molecule has 1 aromatic heterocycles. The number of allylic oxidation sites excluding steroid dienone is 1. The SMILES string of the molecule is Cc1noc(C)c1C1=C[C@@H]2CNC[C@@H]2C1. The molecule has 15 heavy (non-hydrogen) atoms. The summed E-state index contributed by atoms with van der Waals surface area (Å²) in [6, 6.07) is 0. The average Bonchev–Trinajstić information content (AvgIpc) is 2.80. The van der Waals surface area contributed by atoms with Crippen LogP contribution in [0, 0.1) is 25.7 Å². The topological polar surface area (TPSA) is 38.1 Å². The van der Waals surface area contributed by atoms with E-state index < -0.39 is 0 Å². The molecule has 3 rings (SSSR count). The maximum atomic E-state index is 5.22. The van der Waals surface area contributed by atoms with Crippen LogP contribution >= 0.6 is 0 Å². The summed E-state index contributed by atoms with van der Waals surface area (Å²) in [4.78, 5) is 0. The molecule has 1 aliphatic heterocycles. The zero-order valence-electron chi connectivity index (χ0n) is 9.21. The van der Waals surface area contributed by atoms with Crippen molar-refractivity contribution in [2.24, 2.45) is 11.8 Å². The predicted octanol–water partition coefficient (Wildman–Crippen LogP) is 1.91. The van der Waals surface area contributed by atoms with Gasteiger partial charge in [-0.05, 0) is 44.2 Å². The molecular formula is C12H16N2O. The minimum Gasteiger partial charge on any atom is -0.361 e. The molecule has 0 spiro atoms. The predicted molar refractivity (Wildman–Crippen MR) is 58.4 cm³/mol. The van der Waals surface area contributed by atoms with E-state index in [1.54, 1.807) is 0 Å². The lowest BCUT2D eigenvalue weighted by Crippen LogP contribution is -2.09. The number of nitrogens with one attached hydrogen (secondary N) is 1. The molecule has 0 radical (unpaired) electrons. The Labute approximate surface area is 89.5 Å². The summed E-state index contributed by atoms with van der Waals surface area (Å²) in [5.41, 5.74) is 3.74.